The van der Waals surface area contributed by atoms with Crippen molar-refractivity contribution >= 4 is 11.9 Å². The molecular formula is C14H23NO4. The summed E-state index contributed by atoms with van der Waals surface area (Å²) < 4.78 is 5.66. The number of hydrogen-bond donors (Lipinski definition) is 2. The van der Waals surface area contributed by atoms with E-state index in [1.807, 2.05) is 6.92 Å². The van der Waals surface area contributed by atoms with Gasteiger partial charge in [-0.1, -0.05) is 12.8 Å². The van der Waals surface area contributed by atoms with Gasteiger partial charge < -0.3 is 15.2 Å². The quantitative estimate of drug-likeness (QED) is 0.798. The highest BCUT2D eigenvalue weighted by molar-refractivity contribution is 5.87. The molecule has 2 rings (SSSR count). The van der Waals surface area contributed by atoms with Crippen molar-refractivity contribution in [3.8, 4) is 0 Å². The molecule has 5 heteroatoms. The van der Waals surface area contributed by atoms with Crippen molar-refractivity contribution < 1.29 is 19.4 Å². The molecule has 1 aliphatic heterocycles. The van der Waals surface area contributed by atoms with Gasteiger partial charge in [-0.15, -0.1) is 0 Å². The van der Waals surface area contributed by atoms with Crippen molar-refractivity contribution in [2.75, 3.05) is 0 Å². The normalized spacial score (nSPS) is 29.3. The number of carbonyl (C=O) groups is 2. The van der Waals surface area contributed by atoms with Crippen LogP contribution in [-0.2, 0) is 14.3 Å². The van der Waals surface area contributed by atoms with E-state index in [1.165, 1.54) is 0 Å². The van der Waals surface area contributed by atoms with Crippen LogP contribution in [0.4, 0.5) is 0 Å². The summed E-state index contributed by atoms with van der Waals surface area (Å²) >= 11 is 0. The zero-order valence-corrected chi connectivity index (χ0v) is 11.5. The minimum absolute atomic E-state index is 0.158. The van der Waals surface area contributed by atoms with Crippen LogP contribution in [0.25, 0.3) is 0 Å². The van der Waals surface area contributed by atoms with Gasteiger partial charge in [0.1, 0.15) is 5.54 Å². The molecule has 0 spiro atoms. The van der Waals surface area contributed by atoms with E-state index in [0.29, 0.717) is 25.7 Å². The first-order valence-corrected chi connectivity index (χ1v) is 7.22. The molecule has 1 amide bonds. The van der Waals surface area contributed by atoms with Gasteiger partial charge in [0.15, 0.2) is 0 Å². The number of aliphatic carboxylic acids is 1. The summed E-state index contributed by atoms with van der Waals surface area (Å²) in [6.45, 7) is 2.04. The Morgan fingerprint density at radius 3 is 2.53 bits per heavy atom. The highest BCUT2D eigenvalue weighted by Crippen LogP contribution is 2.30. The maximum absolute atomic E-state index is 11.9. The van der Waals surface area contributed by atoms with Crippen LogP contribution in [-0.4, -0.2) is 34.7 Å². The van der Waals surface area contributed by atoms with Gasteiger partial charge in [0, 0.05) is 6.42 Å². The number of nitrogens with one attached hydrogen (secondary N) is 1. The van der Waals surface area contributed by atoms with E-state index in [4.69, 9.17) is 4.74 Å². The molecule has 0 bridgehead atoms. The van der Waals surface area contributed by atoms with Gasteiger partial charge in [-0.05, 0) is 39.0 Å². The summed E-state index contributed by atoms with van der Waals surface area (Å²) in [5.74, 6) is -1.06. The minimum Gasteiger partial charge on any atom is -0.480 e. The molecule has 2 fully saturated rings. The fourth-order valence-electron chi connectivity index (χ4n) is 3.09. The Labute approximate surface area is 113 Å². The maximum Gasteiger partial charge on any atom is 0.329 e. The lowest BCUT2D eigenvalue weighted by molar-refractivity contribution is -0.147. The Hall–Kier alpha value is -1.10. The first-order chi connectivity index (χ1) is 9.02. The lowest BCUT2D eigenvalue weighted by atomic mass is 9.97. The first-order valence-electron chi connectivity index (χ1n) is 7.22. The lowest BCUT2D eigenvalue weighted by Gasteiger charge is -2.25. The zero-order valence-electron chi connectivity index (χ0n) is 11.5. The van der Waals surface area contributed by atoms with Crippen LogP contribution in [0.15, 0.2) is 0 Å². The predicted molar refractivity (Wildman–Crippen MR) is 69.8 cm³/mol. The summed E-state index contributed by atoms with van der Waals surface area (Å²) in [7, 11) is 0. The van der Waals surface area contributed by atoms with Gasteiger partial charge in [-0.25, -0.2) is 4.79 Å². The Morgan fingerprint density at radius 1 is 1.32 bits per heavy atom. The first kappa shape index (κ1) is 14.3. The van der Waals surface area contributed by atoms with Crippen LogP contribution in [0.1, 0.15) is 58.3 Å². The third-order valence-corrected chi connectivity index (χ3v) is 4.26. The number of carboxylic acids is 1. The molecule has 2 aliphatic rings. The third kappa shape index (κ3) is 3.47. The lowest BCUT2D eigenvalue weighted by Crippen LogP contribution is -2.52. The molecule has 2 atom stereocenters. The topological polar surface area (TPSA) is 75.6 Å². The van der Waals surface area contributed by atoms with Crippen molar-refractivity contribution in [1.29, 1.82) is 0 Å². The SMILES string of the molecule is C[C@@H]1CC[C@@H](CCC(=O)NC2(C(=O)O)CCCC2)O1. The molecule has 108 valence electrons. The number of hydrogen-bond acceptors (Lipinski definition) is 3. The second-order valence-corrected chi connectivity index (χ2v) is 5.83. The predicted octanol–water partition coefficient (Wildman–Crippen LogP) is 1.85. The van der Waals surface area contributed by atoms with E-state index in [1.54, 1.807) is 0 Å². The summed E-state index contributed by atoms with van der Waals surface area (Å²) in [5, 5.41) is 12.0. The van der Waals surface area contributed by atoms with Gasteiger partial charge in [-0.2, -0.15) is 0 Å². The molecule has 0 radical (unpaired) electrons. The van der Waals surface area contributed by atoms with E-state index >= 15 is 0 Å². The van der Waals surface area contributed by atoms with E-state index in [9.17, 15) is 14.7 Å². The van der Waals surface area contributed by atoms with Gasteiger partial charge in [0.05, 0.1) is 12.2 Å². The molecule has 2 N–H and O–H groups in total. The molecule has 1 heterocycles. The van der Waals surface area contributed by atoms with Gasteiger partial charge in [0.2, 0.25) is 5.91 Å². The molecule has 19 heavy (non-hydrogen) atoms. The van der Waals surface area contributed by atoms with Gasteiger partial charge in [0.25, 0.3) is 0 Å². The average molecular weight is 269 g/mol. The van der Waals surface area contributed by atoms with Crippen LogP contribution in [0.5, 0.6) is 0 Å². The van der Waals surface area contributed by atoms with Crippen molar-refractivity contribution in [2.24, 2.45) is 0 Å². The summed E-state index contributed by atoms with van der Waals surface area (Å²) in [6, 6.07) is 0. The maximum atomic E-state index is 11.9. The molecule has 0 unspecified atom stereocenters. The van der Waals surface area contributed by atoms with Crippen molar-refractivity contribution in [3.63, 3.8) is 0 Å². The molecule has 0 aromatic carbocycles. The van der Waals surface area contributed by atoms with Crippen molar-refractivity contribution in [2.45, 2.75) is 76.0 Å². The number of rotatable bonds is 5. The molecule has 5 nitrogen and oxygen atoms in total. The second kappa shape index (κ2) is 5.90. The van der Waals surface area contributed by atoms with E-state index in [2.05, 4.69) is 5.32 Å². The highest BCUT2D eigenvalue weighted by atomic mass is 16.5. The fraction of sp³-hybridized carbons (Fsp3) is 0.857. The van der Waals surface area contributed by atoms with Crippen LogP contribution in [0.2, 0.25) is 0 Å². The second-order valence-electron chi connectivity index (χ2n) is 5.83. The Bertz CT molecular complexity index is 349. The number of carbonyl (C=O) groups excluding carboxylic acids is 1. The minimum atomic E-state index is -1.01. The molecular weight excluding hydrogens is 246 g/mol. The Kier molecular flexibility index (Phi) is 4.45. The highest BCUT2D eigenvalue weighted by Gasteiger charge is 2.42. The van der Waals surface area contributed by atoms with E-state index in [0.717, 1.165) is 25.7 Å². The van der Waals surface area contributed by atoms with Crippen LogP contribution in [0.3, 0.4) is 0 Å². The van der Waals surface area contributed by atoms with Crippen LogP contribution < -0.4 is 5.32 Å². The largest absolute Gasteiger partial charge is 0.480 e. The number of carboxylic acid groups (broad SMARTS) is 1. The van der Waals surface area contributed by atoms with Gasteiger partial charge in [-0.3, -0.25) is 4.79 Å². The molecule has 0 aromatic rings. The molecule has 1 saturated heterocycles. The van der Waals surface area contributed by atoms with Crippen LogP contribution in [0, 0.1) is 0 Å². The van der Waals surface area contributed by atoms with Crippen LogP contribution >= 0.6 is 0 Å². The number of ether oxygens (including phenoxy) is 1. The monoisotopic (exact) mass is 269 g/mol. The van der Waals surface area contributed by atoms with Crippen molar-refractivity contribution in [3.05, 3.63) is 0 Å². The molecule has 1 aliphatic carbocycles. The van der Waals surface area contributed by atoms with Gasteiger partial charge >= 0.3 is 5.97 Å². The fourth-order valence-corrected chi connectivity index (χ4v) is 3.09. The summed E-state index contributed by atoms with van der Waals surface area (Å²) in [6.07, 6.45) is 6.36. The van der Waals surface area contributed by atoms with Crippen molar-refractivity contribution in [1.82, 2.24) is 5.32 Å². The smallest absolute Gasteiger partial charge is 0.329 e. The number of amides is 1. The molecule has 1 saturated carbocycles. The summed E-state index contributed by atoms with van der Waals surface area (Å²) in [5.41, 5.74) is -1.01. The van der Waals surface area contributed by atoms with E-state index in [-0.39, 0.29) is 18.1 Å². The summed E-state index contributed by atoms with van der Waals surface area (Å²) in [4.78, 5) is 23.2. The van der Waals surface area contributed by atoms with E-state index < -0.39 is 11.5 Å². The zero-order chi connectivity index (χ0) is 13.9. The standard InChI is InChI=1S/C14H23NO4/c1-10-4-5-11(19-10)6-7-12(16)15-14(13(17)18)8-2-3-9-14/h10-11H,2-9H2,1H3,(H,15,16)(H,17,18)/t10-,11+/m1/s1. The Balaban J connectivity index is 1.78. The third-order valence-electron chi connectivity index (χ3n) is 4.26. The Morgan fingerprint density at radius 2 is 2.00 bits per heavy atom. The molecule has 0 aromatic heterocycles. The average Bonchev–Trinajstić information content (AvgIpc) is 2.97.